The molecule has 0 saturated carbocycles. The fraction of sp³-hybridized carbons (Fsp3) is 0.0455. The second kappa shape index (κ2) is 7.45. The molecule has 9 heteroatoms. The molecular weight excluding hydrogens is 399 g/mol. The van der Waals surface area contributed by atoms with Crippen molar-refractivity contribution in [3.63, 3.8) is 0 Å². The van der Waals surface area contributed by atoms with Gasteiger partial charge in [-0.05, 0) is 55.0 Å². The molecule has 0 radical (unpaired) electrons. The minimum Gasteiger partial charge on any atom is -0.351 e. The minimum absolute atomic E-state index is 0.0751. The maximum Gasteiger partial charge on any atom is 0.295 e. The molecule has 0 aliphatic heterocycles. The van der Waals surface area contributed by atoms with E-state index in [1.54, 1.807) is 54.2 Å². The zero-order valence-corrected chi connectivity index (χ0v) is 16.3. The van der Waals surface area contributed by atoms with E-state index in [9.17, 15) is 9.18 Å². The molecule has 0 fully saturated rings. The van der Waals surface area contributed by atoms with Crippen LogP contribution in [-0.4, -0.2) is 30.6 Å². The second-order valence-electron chi connectivity index (χ2n) is 6.83. The van der Waals surface area contributed by atoms with Crippen LogP contribution in [-0.2, 0) is 0 Å². The number of rotatable bonds is 4. The summed E-state index contributed by atoms with van der Waals surface area (Å²) in [4.78, 5) is 21.2. The van der Waals surface area contributed by atoms with Crippen LogP contribution in [0.3, 0.4) is 0 Å². The number of benzene rings is 1. The summed E-state index contributed by atoms with van der Waals surface area (Å²) in [6.45, 7) is 1.70. The molecule has 0 bridgehead atoms. The number of nitrogens with one attached hydrogen (secondary N) is 1. The lowest BCUT2D eigenvalue weighted by Gasteiger charge is -2.08. The highest BCUT2D eigenvalue weighted by molar-refractivity contribution is 6.01. The van der Waals surface area contributed by atoms with E-state index in [0.29, 0.717) is 28.4 Å². The fourth-order valence-electron chi connectivity index (χ4n) is 3.30. The van der Waals surface area contributed by atoms with Crippen LogP contribution in [0, 0.1) is 12.7 Å². The van der Waals surface area contributed by atoms with E-state index >= 15 is 0 Å². The van der Waals surface area contributed by atoms with Crippen LogP contribution in [0.15, 0.2) is 71.6 Å². The molecule has 1 amide bonds. The van der Waals surface area contributed by atoms with E-state index in [1.165, 1.54) is 18.3 Å². The first-order valence-corrected chi connectivity index (χ1v) is 9.39. The molecule has 1 N–H and O–H groups in total. The van der Waals surface area contributed by atoms with Gasteiger partial charge < -0.3 is 9.84 Å². The van der Waals surface area contributed by atoms with Crippen LogP contribution in [0.5, 0.6) is 0 Å². The van der Waals surface area contributed by atoms with Gasteiger partial charge in [0.25, 0.3) is 5.91 Å². The van der Waals surface area contributed by atoms with Gasteiger partial charge in [0.2, 0.25) is 5.76 Å². The molecule has 0 aliphatic carbocycles. The minimum atomic E-state index is -0.465. The Labute approximate surface area is 175 Å². The van der Waals surface area contributed by atoms with E-state index in [1.807, 2.05) is 6.07 Å². The number of nitrogens with zero attached hydrogens (tertiary/aromatic N) is 5. The number of hydrogen-bond acceptors (Lipinski definition) is 6. The molecule has 0 aliphatic rings. The highest BCUT2D eigenvalue weighted by atomic mass is 19.1. The molecule has 4 aromatic heterocycles. The maximum atomic E-state index is 13.8. The third-order valence-corrected chi connectivity index (χ3v) is 4.76. The number of carbonyl (C=O) groups excluding carboxylic acids is 1. The fourth-order valence-corrected chi connectivity index (χ4v) is 3.30. The van der Waals surface area contributed by atoms with Gasteiger partial charge in [-0.2, -0.15) is 5.10 Å². The van der Waals surface area contributed by atoms with Crippen molar-refractivity contribution in [1.29, 1.82) is 0 Å². The molecular formula is C22H15FN6O2. The third kappa shape index (κ3) is 3.42. The predicted octanol–water partition coefficient (Wildman–Crippen LogP) is 4.15. The van der Waals surface area contributed by atoms with Crippen LogP contribution in [0.1, 0.15) is 16.1 Å². The van der Waals surface area contributed by atoms with E-state index < -0.39 is 5.91 Å². The van der Waals surface area contributed by atoms with Gasteiger partial charge in [-0.3, -0.25) is 4.79 Å². The van der Waals surface area contributed by atoms with Crippen molar-refractivity contribution in [2.75, 3.05) is 5.32 Å². The van der Waals surface area contributed by atoms with Crippen LogP contribution in [0.4, 0.5) is 10.2 Å². The Bertz CT molecular complexity index is 1410. The van der Waals surface area contributed by atoms with Crippen LogP contribution < -0.4 is 5.32 Å². The average molecular weight is 414 g/mol. The van der Waals surface area contributed by atoms with Crippen molar-refractivity contribution in [3.05, 3.63) is 84.3 Å². The molecule has 0 saturated heterocycles. The van der Waals surface area contributed by atoms with Crippen molar-refractivity contribution in [3.8, 4) is 22.5 Å². The number of halogens is 1. The summed E-state index contributed by atoms with van der Waals surface area (Å²) >= 11 is 0. The van der Waals surface area contributed by atoms with Crippen molar-refractivity contribution in [2.24, 2.45) is 0 Å². The molecule has 31 heavy (non-hydrogen) atoms. The maximum absolute atomic E-state index is 13.8. The molecule has 0 spiro atoms. The van der Waals surface area contributed by atoms with Crippen LogP contribution in [0.2, 0.25) is 0 Å². The average Bonchev–Trinajstić information content (AvgIpc) is 3.44. The molecule has 0 unspecified atom stereocenters. The van der Waals surface area contributed by atoms with Gasteiger partial charge in [0.15, 0.2) is 5.65 Å². The Morgan fingerprint density at radius 3 is 2.77 bits per heavy atom. The Morgan fingerprint density at radius 2 is 1.97 bits per heavy atom. The Hall–Kier alpha value is -4.40. The van der Waals surface area contributed by atoms with Gasteiger partial charge in [0, 0.05) is 29.6 Å². The summed E-state index contributed by atoms with van der Waals surface area (Å²) in [5, 5.41) is 10.6. The molecule has 152 valence electrons. The summed E-state index contributed by atoms with van der Waals surface area (Å²) in [5.41, 5.74) is 3.97. The zero-order valence-electron chi connectivity index (χ0n) is 16.3. The predicted molar refractivity (Wildman–Crippen MR) is 111 cm³/mol. The molecule has 8 nitrogen and oxygen atoms in total. The lowest BCUT2D eigenvalue weighted by Crippen LogP contribution is -2.12. The number of imidazole rings is 1. The first-order valence-electron chi connectivity index (χ1n) is 9.39. The number of pyridine rings is 1. The highest BCUT2D eigenvalue weighted by Crippen LogP contribution is 2.33. The summed E-state index contributed by atoms with van der Waals surface area (Å²) in [6.07, 6.45) is 4.62. The molecule has 5 aromatic rings. The van der Waals surface area contributed by atoms with Gasteiger partial charge in [-0.1, -0.05) is 5.16 Å². The van der Waals surface area contributed by atoms with Crippen molar-refractivity contribution in [2.45, 2.75) is 6.92 Å². The standard InChI is InChI=1S/C22H15FN6O2/c1-13-11-14(4-5-16(13)23)20-21(29-19(28-20)3-2-8-25-29)15-6-9-24-18(12-15)27-22(30)17-7-10-26-31-17/h2-12H,1H3,(H,24,27,30). The van der Waals surface area contributed by atoms with Gasteiger partial charge in [-0.25, -0.2) is 18.9 Å². The number of fused-ring (bicyclic) bond motifs is 1. The topological polar surface area (TPSA) is 98.2 Å². The zero-order chi connectivity index (χ0) is 21.4. The number of hydrogen-bond donors (Lipinski definition) is 1. The van der Waals surface area contributed by atoms with Gasteiger partial charge >= 0.3 is 0 Å². The number of aryl methyl sites for hydroxylation is 1. The Balaban J connectivity index is 1.63. The lowest BCUT2D eigenvalue weighted by molar-refractivity contribution is 0.0987. The molecule has 4 heterocycles. The van der Waals surface area contributed by atoms with E-state index in [-0.39, 0.29) is 11.6 Å². The normalized spacial score (nSPS) is 11.0. The largest absolute Gasteiger partial charge is 0.351 e. The second-order valence-corrected chi connectivity index (χ2v) is 6.83. The number of anilines is 1. The summed E-state index contributed by atoms with van der Waals surface area (Å²) in [6, 6.07) is 13.4. The van der Waals surface area contributed by atoms with Gasteiger partial charge in [0.05, 0.1) is 11.9 Å². The molecule has 0 atom stereocenters. The quantitative estimate of drug-likeness (QED) is 0.474. The van der Waals surface area contributed by atoms with E-state index in [2.05, 4.69) is 20.6 Å². The van der Waals surface area contributed by atoms with Crippen molar-refractivity contribution >= 4 is 17.4 Å². The summed E-state index contributed by atoms with van der Waals surface area (Å²) in [7, 11) is 0. The monoisotopic (exact) mass is 414 g/mol. The van der Waals surface area contributed by atoms with Crippen LogP contribution in [0.25, 0.3) is 28.2 Å². The molecule has 1 aromatic carbocycles. The SMILES string of the molecule is Cc1cc(-c2nc3cccnn3c2-c2ccnc(NC(=O)c3ccno3)c2)ccc1F. The molecule has 5 rings (SSSR count). The first kappa shape index (κ1) is 18.6. The highest BCUT2D eigenvalue weighted by Gasteiger charge is 2.19. The smallest absolute Gasteiger partial charge is 0.295 e. The van der Waals surface area contributed by atoms with Crippen LogP contribution >= 0.6 is 0 Å². The number of carbonyl (C=O) groups is 1. The van der Waals surface area contributed by atoms with Crippen molar-refractivity contribution in [1.82, 2.24) is 24.7 Å². The summed E-state index contributed by atoms with van der Waals surface area (Å²) in [5.74, 6) is -0.349. The van der Waals surface area contributed by atoms with E-state index in [0.717, 1.165) is 11.1 Å². The van der Waals surface area contributed by atoms with Gasteiger partial charge in [-0.15, -0.1) is 0 Å². The first-order chi connectivity index (χ1) is 15.1. The Kier molecular flexibility index (Phi) is 4.47. The number of amides is 1. The number of aromatic nitrogens is 5. The third-order valence-electron chi connectivity index (χ3n) is 4.76. The van der Waals surface area contributed by atoms with Crippen molar-refractivity contribution < 1.29 is 13.7 Å². The summed E-state index contributed by atoms with van der Waals surface area (Å²) < 4.78 is 20.4. The van der Waals surface area contributed by atoms with E-state index in [4.69, 9.17) is 9.51 Å². The van der Waals surface area contributed by atoms with Gasteiger partial charge in [0.1, 0.15) is 17.3 Å². The Morgan fingerprint density at radius 1 is 1.06 bits per heavy atom. The lowest BCUT2D eigenvalue weighted by atomic mass is 10.0.